The van der Waals surface area contributed by atoms with Crippen LogP contribution in [-0.2, 0) is 6.42 Å². The smallest absolute Gasteiger partial charge is 0.0471 e. The molecule has 3 nitrogen and oxygen atoms in total. The van der Waals surface area contributed by atoms with Gasteiger partial charge in [-0.3, -0.25) is 0 Å². The molecule has 0 fully saturated rings. The minimum Gasteiger partial charge on any atom is -0.396 e. The van der Waals surface area contributed by atoms with Crippen molar-refractivity contribution in [1.29, 1.82) is 0 Å². The maximum absolute atomic E-state index is 9.22. The van der Waals surface area contributed by atoms with Gasteiger partial charge < -0.3 is 16.2 Å². The van der Waals surface area contributed by atoms with E-state index in [4.69, 9.17) is 5.73 Å². The highest BCUT2D eigenvalue weighted by molar-refractivity contribution is 9.10. The third-order valence-corrected chi connectivity index (χ3v) is 4.20. The van der Waals surface area contributed by atoms with Gasteiger partial charge in [0.2, 0.25) is 0 Å². The average Bonchev–Trinajstić information content (AvgIpc) is 2.40. The van der Waals surface area contributed by atoms with Gasteiger partial charge in [0.1, 0.15) is 0 Å². The number of nitrogens with two attached hydrogens (primary N) is 1. The maximum Gasteiger partial charge on any atom is 0.0471 e. The molecule has 0 aliphatic carbocycles. The highest BCUT2D eigenvalue weighted by atomic mass is 79.9. The summed E-state index contributed by atoms with van der Waals surface area (Å²) >= 11 is 3.44. The van der Waals surface area contributed by atoms with Crippen molar-refractivity contribution in [3.8, 4) is 0 Å². The predicted octanol–water partition coefficient (Wildman–Crippen LogP) is 2.32. The fourth-order valence-corrected chi connectivity index (χ4v) is 2.35. The van der Waals surface area contributed by atoms with E-state index in [1.807, 2.05) is 19.1 Å². The molecule has 4 N–H and O–H groups in total. The molecule has 3 unspecified atom stereocenters. The Hall–Kier alpha value is -0.420. The van der Waals surface area contributed by atoms with E-state index in [-0.39, 0.29) is 24.1 Å². The molecule has 19 heavy (non-hydrogen) atoms. The van der Waals surface area contributed by atoms with Crippen molar-refractivity contribution < 1.29 is 5.11 Å². The average molecular weight is 329 g/mol. The third kappa shape index (κ3) is 5.22. The first-order valence-corrected chi connectivity index (χ1v) is 7.52. The number of rotatable bonds is 7. The summed E-state index contributed by atoms with van der Waals surface area (Å²) in [5.41, 5.74) is 7.04. The quantitative estimate of drug-likeness (QED) is 0.719. The van der Waals surface area contributed by atoms with Gasteiger partial charge in [-0.2, -0.15) is 0 Å². The molecule has 3 atom stereocenters. The van der Waals surface area contributed by atoms with Crippen LogP contribution in [0.15, 0.2) is 28.7 Å². The van der Waals surface area contributed by atoms with Crippen molar-refractivity contribution >= 4 is 15.9 Å². The van der Waals surface area contributed by atoms with Crippen molar-refractivity contribution in [3.63, 3.8) is 0 Å². The Morgan fingerprint density at radius 3 is 2.37 bits per heavy atom. The molecule has 0 saturated carbocycles. The Morgan fingerprint density at radius 1 is 1.32 bits per heavy atom. The predicted molar refractivity (Wildman–Crippen MR) is 84.2 cm³/mol. The largest absolute Gasteiger partial charge is 0.396 e. The van der Waals surface area contributed by atoms with Gasteiger partial charge >= 0.3 is 0 Å². The van der Waals surface area contributed by atoms with Crippen molar-refractivity contribution in [2.24, 2.45) is 11.7 Å². The minimum atomic E-state index is -0.156. The molecule has 0 heterocycles. The van der Waals surface area contributed by atoms with Gasteiger partial charge in [0.15, 0.2) is 0 Å². The minimum absolute atomic E-state index is 0.156. The van der Waals surface area contributed by atoms with E-state index >= 15 is 0 Å². The van der Waals surface area contributed by atoms with Crippen molar-refractivity contribution in [3.05, 3.63) is 34.3 Å². The lowest BCUT2D eigenvalue weighted by molar-refractivity contribution is 0.184. The number of hydrogen-bond acceptors (Lipinski definition) is 3. The van der Waals surface area contributed by atoms with Crippen LogP contribution in [0.2, 0.25) is 0 Å². The first-order valence-electron chi connectivity index (χ1n) is 6.73. The van der Waals surface area contributed by atoms with Crippen LogP contribution in [0, 0.1) is 5.92 Å². The molecule has 0 aliphatic rings. The van der Waals surface area contributed by atoms with Gasteiger partial charge in [-0.1, -0.05) is 35.0 Å². The number of hydrogen-bond donors (Lipinski definition) is 3. The lowest BCUT2D eigenvalue weighted by Crippen LogP contribution is -2.55. The van der Waals surface area contributed by atoms with Gasteiger partial charge in [-0.25, -0.2) is 0 Å². The van der Waals surface area contributed by atoms with Gasteiger partial charge in [0.05, 0.1) is 0 Å². The van der Waals surface area contributed by atoms with Crippen LogP contribution in [0.25, 0.3) is 0 Å². The van der Waals surface area contributed by atoms with Crippen LogP contribution in [0.1, 0.15) is 26.3 Å². The Balaban J connectivity index is 2.71. The topological polar surface area (TPSA) is 58.3 Å². The molecule has 0 aromatic heterocycles. The lowest BCUT2D eigenvalue weighted by Gasteiger charge is -2.35. The second-order valence-electron chi connectivity index (χ2n) is 5.66. The van der Waals surface area contributed by atoms with Gasteiger partial charge in [0.25, 0.3) is 0 Å². The molecule has 0 bridgehead atoms. The van der Waals surface area contributed by atoms with Crippen LogP contribution in [0.5, 0.6) is 0 Å². The Kier molecular flexibility index (Phi) is 6.47. The zero-order chi connectivity index (χ0) is 14.5. The number of aliphatic hydroxyl groups excluding tert-OH is 1. The van der Waals surface area contributed by atoms with Crippen LogP contribution in [0.4, 0.5) is 0 Å². The van der Waals surface area contributed by atoms with E-state index in [0.717, 1.165) is 10.9 Å². The van der Waals surface area contributed by atoms with Crippen LogP contribution in [-0.4, -0.2) is 29.8 Å². The molecule has 0 amide bonds. The van der Waals surface area contributed by atoms with Crippen LogP contribution >= 0.6 is 15.9 Å². The summed E-state index contributed by atoms with van der Waals surface area (Å²) < 4.78 is 1.08. The zero-order valence-corrected chi connectivity index (χ0v) is 13.6. The standard InChI is InChI=1S/C15H25BrN2O/c1-11(9-19)12(2)18-15(3,10-17)8-13-4-6-14(16)7-5-13/h4-7,11-12,18-19H,8-10,17H2,1-3H3. The highest BCUT2D eigenvalue weighted by Crippen LogP contribution is 2.17. The van der Waals surface area contributed by atoms with Gasteiger partial charge in [0, 0.05) is 29.2 Å². The molecule has 108 valence electrons. The molecule has 4 heteroatoms. The first-order chi connectivity index (χ1) is 8.90. The Labute approximate surface area is 124 Å². The fourth-order valence-electron chi connectivity index (χ4n) is 2.08. The lowest BCUT2D eigenvalue weighted by atomic mass is 9.90. The van der Waals surface area contributed by atoms with E-state index in [1.54, 1.807) is 0 Å². The molecule has 0 saturated heterocycles. The molecule has 1 aromatic rings. The summed E-state index contributed by atoms with van der Waals surface area (Å²) in [6.07, 6.45) is 0.874. The van der Waals surface area contributed by atoms with Crippen molar-refractivity contribution in [2.75, 3.05) is 13.2 Å². The molecule has 1 aromatic carbocycles. The highest BCUT2D eigenvalue weighted by Gasteiger charge is 2.26. The van der Waals surface area contributed by atoms with E-state index in [1.165, 1.54) is 5.56 Å². The monoisotopic (exact) mass is 328 g/mol. The summed E-state index contributed by atoms with van der Waals surface area (Å²) in [6.45, 7) is 7.01. The number of aliphatic hydroxyl groups is 1. The molecule has 0 spiro atoms. The van der Waals surface area contributed by atoms with E-state index in [0.29, 0.717) is 6.54 Å². The van der Waals surface area contributed by atoms with E-state index < -0.39 is 0 Å². The van der Waals surface area contributed by atoms with Gasteiger partial charge in [-0.15, -0.1) is 0 Å². The Bertz CT molecular complexity index is 382. The molecule has 0 radical (unpaired) electrons. The molecular weight excluding hydrogens is 304 g/mol. The number of benzene rings is 1. The fraction of sp³-hybridized carbons (Fsp3) is 0.600. The number of nitrogens with one attached hydrogen (secondary N) is 1. The first kappa shape index (κ1) is 16.6. The normalized spacial score (nSPS) is 17.8. The van der Waals surface area contributed by atoms with E-state index in [9.17, 15) is 5.11 Å². The SMILES string of the molecule is CC(CO)C(C)NC(C)(CN)Cc1ccc(Br)cc1. The zero-order valence-electron chi connectivity index (χ0n) is 12.0. The van der Waals surface area contributed by atoms with Crippen molar-refractivity contribution in [1.82, 2.24) is 5.32 Å². The maximum atomic E-state index is 9.22. The summed E-state index contributed by atoms with van der Waals surface area (Å²) in [7, 11) is 0. The van der Waals surface area contributed by atoms with E-state index in [2.05, 4.69) is 47.2 Å². The molecule has 0 aliphatic heterocycles. The van der Waals surface area contributed by atoms with Gasteiger partial charge in [-0.05, 0) is 43.9 Å². The second-order valence-corrected chi connectivity index (χ2v) is 6.58. The summed E-state index contributed by atoms with van der Waals surface area (Å²) in [5.74, 6) is 0.218. The summed E-state index contributed by atoms with van der Waals surface area (Å²) in [6, 6.07) is 8.55. The summed E-state index contributed by atoms with van der Waals surface area (Å²) in [4.78, 5) is 0. The van der Waals surface area contributed by atoms with Crippen molar-refractivity contribution in [2.45, 2.75) is 38.8 Å². The second kappa shape index (κ2) is 7.39. The van der Waals surface area contributed by atoms with Crippen LogP contribution < -0.4 is 11.1 Å². The summed E-state index contributed by atoms with van der Waals surface area (Å²) in [5, 5.41) is 12.8. The number of halogens is 1. The molecule has 1 rings (SSSR count). The molecular formula is C15H25BrN2O. The third-order valence-electron chi connectivity index (χ3n) is 3.68. The Morgan fingerprint density at radius 2 is 1.89 bits per heavy atom. The van der Waals surface area contributed by atoms with Crippen LogP contribution in [0.3, 0.4) is 0 Å².